The van der Waals surface area contributed by atoms with Crippen LogP contribution in [0.15, 0.2) is 39.8 Å². The first kappa shape index (κ1) is 14.6. The number of furan rings is 1. The Balaban J connectivity index is 1.95. The lowest BCUT2D eigenvalue weighted by Crippen LogP contribution is -2.32. The van der Waals surface area contributed by atoms with Gasteiger partial charge in [0, 0.05) is 12.2 Å². The standard InChI is InChI=1S/C14H15ClN2O3S/c1-10-4-7-12(20-10)9-17(11-5-6-11)21(18,19)13-3-2-8-16-14(13)15/h2-4,7-8,11H,5-6,9H2,1H3. The number of sulfonamides is 1. The Morgan fingerprint density at radius 1 is 1.38 bits per heavy atom. The maximum Gasteiger partial charge on any atom is 0.246 e. The number of rotatable bonds is 5. The molecule has 0 bridgehead atoms. The molecule has 5 nitrogen and oxygen atoms in total. The summed E-state index contributed by atoms with van der Waals surface area (Å²) in [5, 5.41) is -0.00113. The molecule has 0 radical (unpaired) electrons. The molecule has 0 N–H and O–H groups in total. The molecule has 0 aliphatic heterocycles. The van der Waals surface area contributed by atoms with Gasteiger partial charge >= 0.3 is 0 Å². The smallest absolute Gasteiger partial charge is 0.246 e. The van der Waals surface area contributed by atoms with Gasteiger partial charge in [0.1, 0.15) is 21.6 Å². The first-order valence-corrected chi connectivity index (χ1v) is 8.48. The third-order valence-corrected chi connectivity index (χ3v) is 5.72. The van der Waals surface area contributed by atoms with Crippen LogP contribution in [0.3, 0.4) is 0 Å². The second-order valence-corrected chi connectivity index (χ2v) is 7.30. The monoisotopic (exact) mass is 326 g/mol. The molecule has 7 heteroatoms. The van der Waals surface area contributed by atoms with Crippen LogP contribution in [0.25, 0.3) is 0 Å². The maximum absolute atomic E-state index is 12.8. The van der Waals surface area contributed by atoms with Crippen molar-refractivity contribution >= 4 is 21.6 Å². The van der Waals surface area contributed by atoms with Crippen molar-refractivity contribution in [3.05, 3.63) is 47.1 Å². The predicted molar refractivity (Wildman–Crippen MR) is 78.4 cm³/mol. The Labute approximate surface area is 128 Å². The molecule has 1 aliphatic carbocycles. The zero-order valence-corrected chi connectivity index (χ0v) is 13.1. The van der Waals surface area contributed by atoms with E-state index in [4.69, 9.17) is 16.0 Å². The van der Waals surface area contributed by atoms with Crippen LogP contribution < -0.4 is 0 Å². The van der Waals surface area contributed by atoms with Crippen molar-refractivity contribution in [2.75, 3.05) is 0 Å². The molecule has 0 spiro atoms. The molecule has 1 aliphatic rings. The second kappa shape index (κ2) is 5.44. The van der Waals surface area contributed by atoms with E-state index in [1.165, 1.54) is 16.6 Å². The first-order chi connectivity index (χ1) is 9.98. The quantitative estimate of drug-likeness (QED) is 0.792. The van der Waals surface area contributed by atoms with Gasteiger partial charge in [-0.3, -0.25) is 0 Å². The fourth-order valence-corrected chi connectivity index (χ4v) is 4.27. The lowest BCUT2D eigenvalue weighted by molar-refractivity contribution is 0.351. The van der Waals surface area contributed by atoms with Crippen molar-refractivity contribution < 1.29 is 12.8 Å². The summed E-state index contributed by atoms with van der Waals surface area (Å²) >= 11 is 5.94. The molecule has 0 amide bonds. The van der Waals surface area contributed by atoms with Crippen molar-refractivity contribution in [2.45, 2.75) is 37.2 Å². The van der Waals surface area contributed by atoms with E-state index in [0.29, 0.717) is 5.76 Å². The van der Waals surface area contributed by atoms with Gasteiger partial charge in [0.15, 0.2) is 0 Å². The highest BCUT2D eigenvalue weighted by Gasteiger charge is 2.39. The highest BCUT2D eigenvalue weighted by molar-refractivity contribution is 7.89. The third kappa shape index (κ3) is 2.97. The van der Waals surface area contributed by atoms with Crippen molar-refractivity contribution in [3.63, 3.8) is 0 Å². The number of hydrogen-bond donors (Lipinski definition) is 0. The summed E-state index contributed by atoms with van der Waals surface area (Å²) in [6, 6.07) is 6.68. The molecule has 0 saturated heterocycles. The minimum absolute atomic E-state index is 0.00113. The zero-order valence-electron chi connectivity index (χ0n) is 11.5. The lowest BCUT2D eigenvalue weighted by Gasteiger charge is -2.21. The third-order valence-electron chi connectivity index (χ3n) is 3.37. The summed E-state index contributed by atoms with van der Waals surface area (Å²) in [7, 11) is -3.68. The fraction of sp³-hybridized carbons (Fsp3) is 0.357. The number of halogens is 1. The molecule has 1 saturated carbocycles. The van der Waals surface area contributed by atoms with Crippen LogP contribution in [-0.4, -0.2) is 23.7 Å². The molecule has 0 atom stereocenters. The molecule has 1 fully saturated rings. The van der Waals surface area contributed by atoms with Gasteiger partial charge in [-0.05, 0) is 44.0 Å². The summed E-state index contributed by atoms with van der Waals surface area (Å²) < 4.78 is 32.6. The van der Waals surface area contributed by atoms with Gasteiger partial charge in [0.05, 0.1) is 6.54 Å². The summed E-state index contributed by atoms with van der Waals surface area (Å²) in [6.07, 6.45) is 3.19. The largest absolute Gasteiger partial charge is 0.465 e. The second-order valence-electron chi connectivity index (χ2n) is 5.09. The Morgan fingerprint density at radius 2 is 2.14 bits per heavy atom. The lowest BCUT2D eigenvalue weighted by atomic mass is 10.4. The van der Waals surface area contributed by atoms with E-state index in [1.54, 1.807) is 12.1 Å². The van der Waals surface area contributed by atoms with Crippen LogP contribution in [0.5, 0.6) is 0 Å². The summed E-state index contributed by atoms with van der Waals surface area (Å²) in [6.45, 7) is 2.05. The Bertz CT molecular complexity index is 753. The Morgan fingerprint density at radius 3 is 2.71 bits per heavy atom. The first-order valence-electron chi connectivity index (χ1n) is 6.66. The van der Waals surface area contributed by atoms with Crippen LogP contribution in [0.4, 0.5) is 0 Å². The molecule has 2 aromatic rings. The van der Waals surface area contributed by atoms with Crippen molar-refractivity contribution in [2.24, 2.45) is 0 Å². The molecular formula is C14H15ClN2O3S. The van der Waals surface area contributed by atoms with E-state index in [2.05, 4.69) is 4.98 Å². The minimum atomic E-state index is -3.68. The zero-order chi connectivity index (χ0) is 15.0. The van der Waals surface area contributed by atoms with Crippen LogP contribution in [0, 0.1) is 6.92 Å². The van der Waals surface area contributed by atoms with Crippen LogP contribution >= 0.6 is 11.6 Å². The highest BCUT2D eigenvalue weighted by Crippen LogP contribution is 2.35. The van der Waals surface area contributed by atoms with Gasteiger partial charge in [-0.1, -0.05) is 11.6 Å². The number of aryl methyl sites for hydroxylation is 1. The molecule has 3 rings (SSSR count). The summed E-state index contributed by atoms with van der Waals surface area (Å²) in [5.74, 6) is 1.39. The SMILES string of the molecule is Cc1ccc(CN(C2CC2)S(=O)(=O)c2cccnc2Cl)o1. The van der Waals surface area contributed by atoms with Gasteiger partial charge in [-0.2, -0.15) is 4.31 Å². The van der Waals surface area contributed by atoms with Gasteiger partial charge in [0.2, 0.25) is 10.0 Å². The number of hydrogen-bond acceptors (Lipinski definition) is 4. The maximum atomic E-state index is 12.8. The van der Waals surface area contributed by atoms with Crippen molar-refractivity contribution in [1.82, 2.24) is 9.29 Å². The highest BCUT2D eigenvalue weighted by atomic mass is 35.5. The van der Waals surface area contributed by atoms with Gasteiger partial charge in [-0.15, -0.1) is 0 Å². The van der Waals surface area contributed by atoms with Gasteiger partial charge < -0.3 is 4.42 Å². The Hall–Kier alpha value is -1.37. The molecule has 0 aromatic carbocycles. The molecule has 112 valence electrons. The average Bonchev–Trinajstić information content (AvgIpc) is 3.19. The van der Waals surface area contributed by atoms with Gasteiger partial charge in [-0.25, -0.2) is 13.4 Å². The molecule has 21 heavy (non-hydrogen) atoms. The number of nitrogens with zero attached hydrogens (tertiary/aromatic N) is 2. The number of aromatic nitrogens is 1. The van der Waals surface area contributed by atoms with E-state index >= 15 is 0 Å². The van der Waals surface area contributed by atoms with E-state index < -0.39 is 10.0 Å². The fourth-order valence-electron chi connectivity index (χ4n) is 2.19. The van der Waals surface area contributed by atoms with E-state index in [0.717, 1.165) is 18.6 Å². The molecular weight excluding hydrogens is 312 g/mol. The Kier molecular flexibility index (Phi) is 3.77. The van der Waals surface area contributed by atoms with Crippen molar-refractivity contribution in [3.8, 4) is 0 Å². The summed E-state index contributed by atoms with van der Waals surface area (Å²) in [5.41, 5.74) is 0. The topological polar surface area (TPSA) is 63.4 Å². The van der Waals surface area contributed by atoms with E-state index in [-0.39, 0.29) is 22.6 Å². The average molecular weight is 327 g/mol. The molecule has 2 aromatic heterocycles. The molecule has 2 heterocycles. The van der Waals surface area contributed by atoms with E-state index in [9.17, 15) is 8.42 Å². The predicted octanol–water partition coefficient (Wildman–Crippen LogP) is 2.99. The minimum Gasteiger partial charge on any atom is -0.465 e. The number of pyridine rings is 1. The summed E-state index contributed by atoms with van der Waals surface area (Å²) in [4.78, 5) is 3.90. The van der Waals surface area contributed by atoms with Crippen LogP contribution in [0.2, 0.25) is 5.15 Å². The normalized spacial score (nSPS) is 15.6. The van der Waals surface area contributed by atoms with Gasteiger partial charge in [0.25, 0.3) is 0 Å². The molecule has 0 unspecified atom stereocenters. The van der Waals surface area contributed by atoms with Crippen LogP contribution in [-0.2, 0) is 16.6 Å². The van der Waals surface area contributed by atoms with Crippen LogP contribution in [0.1, 0.15) is 24.4 Å². The van der Waals surface area contributed by atoms with E-state index in [1.807, 2.05) is 13.0 Å². The van der Waals surface area contributed by atoms with Crippen molar-refractivity contribution in [1.29, 1.82) is 0 Å².